The van der Waals surface area contributed by atoms with Gasteiger partial charge in [-0.05, 0) is 17.7 Å². The van der Waals surface area contributed by atoms with Crippen LogP contribution in [0.4, 0.5) is 9.18 Å². The van der Waals surface area contributed by atoms with Crippen LogP contribution in [0.2, 0.25) is 0 Å². The van der Waals surface area contributed by atoms with Crippen LogP contribution in [0, 0.1) is 5.82 Å². The number of aromatic nitrogens is 2. The smallest absolute Gasteiger partial charge is 0.312 e. The van der Waals surface area contributed by atoms with Crippen LogP contribution < -0.4 is 15.8 Å². The summed E-state index contributed by atoms with van der Waals surface area (Å²) in [6.07, 6.45) is 2.90. The molecule has 3 N–H and O–H groups in total. The van der Waals surface area contributed by atoms with Gasteiger partial charge in [-0.15, -0.1) is 11.6 Å². The minimum atomic E-state index is -0.729. The third-order valence-electron chi connectivity index (χ3n) is 2.76. The number of ether oxygens (including phenoxy) is 1. The van der Waals surface area contributed by atoms with Gasteiger partial charge in [-0.1, -0.05) is 12.1 Å². The largest absolute Gasteiger partial charge is 0.471 e. The van der Waals surface area contributed by atoms with E-state index in [1.807, 2.05) is 0 Å². The summed E-state index contributed by atoms with van der Waals surface area (Å²) in [4.78, 5) is 19.2. The number of carbonyl (C=O) groups is 1. The molecule has 0 radical (unpaired) electrons. The molecule has 1 unspecified atom stereocenters. The Morgan fingerprint density at radius 3 is 2.86 bits per heavy atom. The van der Waals surface area contributed by atoms with Gasteiger partial charge in [0.15, 0.2) is 0 Å². The number of halogens is 2. The number of nitrogens with zero attached hydrogens (tertiary/aromatic N) is 2. The molecule has 0 saturated carbocycles. The molecule has 0 spiro atoms. The number of nitrogens with two attached hydrogens (primary N) is 1. The lowest BCUT2D eigenvalue weighted by molar-refractivity contribution is 0.244. The van der Waals surface area contributed by atoms with Crippen molar-refractivity contribution in [1.29, 1.82) is 0 Å². The highest BCUT2D eigenvalue weighted by Crippen LogP contribution is 2.22. The fourth-order valence-corrected chi connectivity index (χ4v) is 2.04. The predicted octanol–water partition coefficient (Wildman–Crippen LogP) is 2.14. The maximum atomic E-state index is 13.1. The van der Waals surface area contributed by atoms with Crippen LogP contribution in [0.3, 0.4) is 0 Å². The first-order chi connectivity index (χ1) is 10.6. The van der Waals surface area contributed by atoms with E-state index < -0.39 is 12.1 Å². The summed E-state index contributed by atoms with van der Waals surface area (Å²) in [7, 11) is 0. The average Bonchev–Trinajstić information content (AvgIpc) is 2.51. The van der Waals surface area contributed by atoms with Gasteiger partial charge in [-0.25, -0.2) is 14.2 Å². The Morgan fingerprint density at radius 2 is 2.18 bits per heavy atom. The van der Waals surface area contributed by atoms with E-state index in [1.54, 1.807) is 12.1 Å². The summed E-state index contributed by atoms with van der Waals surface area (Å²) < 4.78 is 18.7. The van der Waals surface area contributed by atoms with Crippen molar-refractivity contribution in [1.82, 2.24) is 15.3 Å². The van der Waals surface area contributed by atoms with Gasteiger partial charge in [0.25, 0.3) is 0 Å². The van der Waals surface area contributed by atoms with Gasteiger partial charge in [0.1, 0.15) is 18.1 Å². The third kappa shape index (κ3) is 4.29. The molecule has 116 valence electrons. The van der Waals surface area contributed by atoms with Gasteiger partial charge in [0.2, 0.25) is 5.88 Å². The second-order valence-corrected chi connectivity index (χ2v) is 4.69. The van der Waals surface area contributed by atoms with Gasteiger partial charge < -0.3 is 15.8 Å². The van der Waals surface area contributed by atoms with Gasteiger partial charge in [-0.3, -0.25) is 4.98 Å². The van der Waals surface area contributed by atoms with E-state index in [1.165, 1.54) is 24.5 Å². The van der Waals surface area contributed by atoms with E-state index in [2.05, 4.69) is 15.3 Å². The molecule has 22 heavy (non-hydrogen) atoms. The van der Waals surface area contributed by atoms with Gasteiger partial charge in [-0.2, -0.15) is 0 Å². The topological polar surface area (TPSA) is 90.1 Å². The maximum Gasteiger partial charge on any atom is 0.312 e. The zero-order chi connectivity index (χ0) is 15.9. The molecule has 2 amide bonds. The normalized spacial score (nSPS) is 11.7. The van der Waals surface area contributed by atoms with Crippen LogP contribution in [0.15, 0.2) is 36.7 Å². The minimum absolute atomic E-state index is 0.0535. The van der Waals surface area contributed by atoms with E-state index in [0.717, 1.165) is 0 Å². The number of hydrogen-bond donors (Lipinski definition) is 2. The number of hydrogen-bond acceptors (Lipinski definition) is 4. The Bertz CT molecular complexity index is 656. The molecule has 1 atom stereocenters. The lowest BCUT2D eigenvalue weighted by Gasteiger charge is -2.16. The first-order valence-corrected chi connectivity index (χ1v) is 6.93. The Kier molecular flexibility index (Phi) is 5.48. The number of nitrogens with one attached hydrogen (secondary N) is 1. The monoisotopic (exact) mass is 324 g/mol. The first-order valence-electron chi connectivity index (χ1n) is 6.40. The van der Waals surface area contributed by atoms with Gasteiger partial charge in [0.05, 0.1) is 6.04 Å². The van der Waals surface area contributed by atoms with Crippen molar-refractivity contribution in [2.75, 3.05) is 5.88 Å². The van der Waals surface area contributed by atoms with Crippen molar-refractivity contribution in [3.05, 3.63) is 53.7 Å². The van der Waals surface area contributed by atoms with E-state index in [9.17, 15) is 9.18 Å². The zero-order valence-corrected chi connectivity index (χ0v) is 12.3. The molecule has 0 saturated heterocycles. The van der Waals surface area contributed by atoms with Crippen molar-refractivity contribution >= 4 is 17.6 Å². The highest BCUT2D eigenvalue weighted by Gasteiger charge is 2.19. The van der Waals surface area contributed by atoms with Crippen LogP contribution in [-0.4, -0.2) is 21.9 Å². The number of urea groups is 1. The maximum absolute atomic E-state index is 13.1. The molecule has 6 nitrogen and oxygen atoms in total. The van der Waals surface area contributed by atoms with Gasteiger partial charge >= 0.3 is 6.03 Å². The third-order valence-corrected chi connectivity index (χ3v) is 3.07. The van der Waals surface area contributed by atoms with E-state index in [-0.39, 0.29) is 24.2 Å². The zero-order valence-electron chi connectivity index (χ0n) is 11.5. The lowest BCUT2D eigenvalue weighted by Crippen LogP contribution is -2.34. The molecule has 8 heteroatoms. The fraction of sp³-hybridized carbons (Fsp3) is 0.214. The SMILES string of the molecule is NC(=O)NC(CCl)c1nccnc1OCc1cccc(F)c1. The Labute approximate surface area is 131 Å². The minimum Gasteiger partial charge on any atom is -0.471 e. The summed E-state index contributed by atoms with van der Waals surface area (Å²) in [6.45, 7) is 0.106. The van der Waals surface area contributed by atoms with E-state index in [4.69, 9.17) is 22.1 Å². The Balaban J connectivity index is 2.15. The quantitative estimate of drug-likeness (QED) is 0.797. The van der Waals surface area contributed by atoms with Crippen LogP contribution in [0.5, 0.6) is 5.88 Å². The second kappa shape index (κ2) is 7.56. The summed E-state index contributed by atoms with van der Waals surface area (Å²) in [6, 6.07) is 4.65. The molecule has 1 aromatic heterocycles. The van der Waals surface area contributed by atoms with Crippen molar-refractivity contribution in [3.8, 4) is 5.88 Å². The molecule has 0 aliphatic rings. The number of primary amides is 1. The molecule has 0 bridgehead atoms. The number of alkyl halides is 1. The van der Waals surface area contributed by atoms with Crippen LogP contribution in [0.25, 0.3) is 0 Å². The highest BCUT2D eigenvalue weighted by atomic mass is 35.5. The first kappa shape index (κ1) is 16.0. The Hall–Kier alpha value is -2.41. The van der Waals surface area contributed by atoms with E-state index >= 15 is 0 Å². The van der Waals surface area contributed by atoms with E-state index in [0.29, 0.717) is 11.3 Å². The molecule has 1 aromatic carbocycles. The summed E-state index contributed by atoms with van der Waals surface area (Å²) >= 11 is 5.81. The molecule has 2 rings (SSSR count). The summed E-state index contributed by atoms with van der Waals surface area (Å²) in [5.74, 6) is -0.0986. The molecule has 0 aliphatic carbocycles. The number of amides is 2. The van der Waals surface area contributed by atoms with Crippen LogP contribution >= 0.6 is 11.6 Å². The molecule has 0 aliphatic heterocycles. The molecule has 1 heterocycles. The van der Waals surface area contributed by atoms with Crippen molar-refractivity contribution in [3.63, 3.8) is 0 Å². The van der Waals surface area contributed by atoms with Crippen molar-refractivity contribution < 1.29 is 13.9 Å². The summed E-state index contributed by atoms with van der Waals surface area (Å²) in [5, 5.41) is 2.46. The van der Waals surface area contributed by atoms with Gasteiger partial charge in [0, 0.05) is 18.3 Å². The van der Waals surface area contributed by atoms with Crippen molar-refractivity contribution in [2.24, 2.45) is 5.73 Å². The van der Waals surface area contributed by atoms with Crippen molar-refractivity contribution in [2.45, 2.75) is 12.6 Å². The highest BCUT2D eigenvalue weighted by molar-refractivity contribution is 6.18. The molecule has 2 aromatic rings. The number of carbonyl (C=O) groups excluding carboxylic acids is 1. The molecular weight excluding hydrogens is 311 g/mol. The fourth-order valence-electron chi connectivity index (χ4n) is 1.82. The standard InChI is InChI=1S/C14H14ClFN4O2/c15-7-11(20-14(17)21)12-13(19-5-4-18-12)22-8-9-2-1-3-10(16)6-9/h1-6,11H,7-8H2,(H3,17,20,21). The number of rotatable bonds is 6. The molecule has 0 fully saturated rings. The van der Waals surface area contributed by atoms with Crippen LogP contribution in [-0.2, 0) is 6.61 Å². The predicted molar refractivity (Wildman–Crippen MR) is 78.9 cm³/mol. The lowest BCUT2D eigenvalue weighted by atomic mass is 10.2. The second-order valence-electron chi connectivity index (χ2n) is 4.38. The Morgan fingerprint density at radius 1 is 1.41 bits per heavy atom. The average molecular weight is 325 g/mol. The number of benzene rings is 1. The molecular formula is C14H14ClFN4O2. The van der Waals surface area contributed by atoms with Crippen LogP contribution in [0.1, 0.15) is 17.3 Å². The summed E-state index contributed by atoms with van der Waals surface area (Å²) in [5.41, 5.74) is 6.09.